The summed E-state index contributed by atoms with van der Waals surface area (Å²) >= 11 is 1.65. The van der Waals surface area contributed by atoms with Crippen LogP contribution in [0.5, 0.6) is 0 Å². The number of amides is 1. The van der Waals surface area contributed by atoms with Crippen LogP contribution in [0.2, 0.25) is 0 Å². The van der Waals surface area contributed by atoms with Crippen LogP contribution < -0.4 is 10.2 Å². The van der Waals surface area contributed by atoms with E-state index in [9.17, 15) is 4.79 Å². The first kappa shape index (κ1) is 16.1. The summed E-state index contributed by atoms with van der Waals surface area (Å²) in [6.07, 6.45) is 4.12. The SMILES string of the molecule is O=C(CCc1cccc2ccccc12)NC1CCN(c2nccs2)C1. The second-order valence-electron chi connectivity index (χ2n) is 6.45. The summed E-state index contributed by atoms with van der Waals surface area (Å²) in [4.78, 5) is 19.0. The third-order valence-electron chi connectivity index (χ3n) is 4.74. The molecule has 1 N–H and O–H groups in total. The Morgan fingerprint density at radius 2 is 2.12 bits per heavy atom. The maximum absolute atomic E-state index is 12.4. The Balaban J connectivity index is 1.32. The molecule has 1 atom stereocenters. The number of hydrogen-bond acceptors (Lipinski definition) is 4. The van der Waals surface area contributed by atoms with E-state index in [2.05, 4.69) is 51.6 Å². The predicted molar refractivity (Wildman–Crippen MR) is 103 cm³/mol. The molecule has 0 saturated carbocycles. The van der Waals surface area contributed by atoms with Crippen LogP contribution in [-0.4, -0.2) is 30.0 Å². The standard InChI is InChI=1S/C20H21N3OS/c24-19(22-17-10-12-23(14-17)20-21-11-13-25-20)9-8-16-6-3-5-15-4-1-2-7-18(15)16/h1-7,11,13,17H,8-10,12,14H2,(H,22,24). The number of fused-ring (bicyclic) bond motifs is 1. The van der Waals surface area contributed by atoms with Crippen LogP contribution in [0.3, 0.4) is 0 Å². The molecule has 3 aromatic rings. The van der Waals surface area contributed by atoms with Crippen LogP contribution in [-0.2, 0) is 11.2 Å². The quantitative estimate of drug-likeness (QED) is 0.763. The molecule has 0 spiro atoms. The summed E-state index contributed by atoms with van der Waals surface area (Å²) in [5.74, 6) is 0.138. The fourth-order valence-electron chi connectivity index (χ4n) is 3.48. The lowest BCUT2D eigenvalue weighted by Gasteiger charge is -2.16. The Bertz CT molecular complexity index is 857. The maximum atomic E-state index is 12.4. The number of hydrogen-bond donors (Lipinski definition) is 1. The van der Waals surface area contributed by atoms with Crippen LogP contribution in [0.4, 0.5) is 5.13 Å². The van der Waals surface area contributed by atoms with Gasteiger partial charge < -0.3 is 10.2 Å². The zero-order valence-electron chi connectivity index (χ0n) is 14.0. The highest BCUT2D eigenvalue weighted by molar-refractivity contribution is 7.13. The van der Waals surface area contributed by atoms with Crippen molar-refractivity contribution in [2.24, 2.45) is 0 Å². The molecule has 2 heterocycles. The molecule has 1 aromatic heterocycles. The lowest BCUT2D eigenvalue weighted by Crippen LogP contribution is -2.37. The monoisotopic (exact) mass is 351 g/mol. The number of aryl methyl sites for hydroxylation is 1. The van der Waals surface area contributed by atoms with Gasteiger partial charge in [0, 0.05) is 37.1 Å². The molecule has 1 saturated heterocycles. The molecule has 1 amide bonds. The van der Waals surface area contributed by atoms with Gasteiger partial charge in [0.05, 0.1) is 0 Å². The number of nitrogens with zero attached hydrogens (tertiary/aromatic N) is 2. The molecule has 1 unspecified atom stereocenters. The van der Waals surface area contributed by atoms with Gasteiger partial charge in [-0.05, 0) is 29.2 Å². The van der Waals surface area contributed by atoms with Crippen LogP contribution in [0.15, 0.2) is 54.0 Å². The predicted octanol–water partition coefficient (Wildman–Crippen LogP) is 3.62. The molecule has 25 heavy (non-hydrogen) atoms. The van der Waals surface area contributed by atoms with Gasteiger partial charge in [-0.15, -0.1) is 11.3 Å². The number of aromatic nitrogens is 1. The van der Waals surface area contributed by atoms with Gasteiger partial charge in [0.1, 0.15) is 0 Å². The molecular formula is C20H21N3OS. The molecular weight excluding hydrogens is 330 g/mol. The van der Waals surface area contributed by atoms with Gasteiger partial charge >= 0.3 is 0 Å². The first-order valence-electron chi connectivity index (χ1n) is 8.70. The van der Waals surface area contributed by atoms with Crippen molar-refractivity contribution < 1.29 is 4.79 Å². The van der Waals surface area contributed by atoms with E-state index in [0.29, 0.717) is 6.42 Å². The van der Waals surface area contributed by atoms with Crippen molar-refractivity contribution in [3.8, 4) is 0 Å². The van der Waals surface area contributed by atoms with E-state index < -0.39 is 0 Å². The van der Waals surface area contributed by atoms with Crippen molar-refractivity contribution in [3.63, 3.8) is 0 Å². The summed E-state index contributed by atoms with van der Waals surface area (Å²) in [5.41, 5.74) is 1.24. The molecule has 4 rings (SSSR count). The number of thiazole rings is 1. The Morgan fingerprint density at radius 1 is 1.24 bits per heavy atom. The molecule has 1 aliphatic rings. The molecule has 1 fully saturated rings. The fraction of sp³-hybridized carbons (Fsp3) is 0.300. The number of anilines is 1. The van der Waals surface area contributed by atoms with E-state index in [4.69, 9.17) is 0 Å². The van der Waals surface area contributed by atoms with Gasteiger partial charge in [-0.1, -0.05) is 42.5 Å². The normalized spacial score (nSPS) is 17.1. The molecule has 0 bridgehead atoms. The third-order valence-corrected chi connectivity index (χ3v) is 5.58. The van der Waals surface area contributed by atoms with E-state index in [1.807, 2.05) is 17.6 Å². The van der Waals surface area contributed by atoms with Crippen molar-refractivity contribution in [3.05, 3.63) is 59.6 Å². The van der Waals surface area contributed by atoms with E-state index in [1.165, 1.54) is 16.3 Å². The summed E-state index contributed by atoms with van der Waals surface area (Å²) < 4.78 is 0. The summed E-state index contributed by atoms with van der Waals surface area (Å²) in [6.45, 7) is 1.81. The smallest absolute Gasteiger partial charge is 0.220 e. The van der Waals surface area contributed by atoms with Crippen molar-refractivity contribution in [1.29, 1.82) is 0 Å². The highest BCUT2D eigenvalue weighted by Crippen LogP contribution is 2.23. The number of nitrogens with one attached hydrogen (secondary N) is 1. The summed E-state index contributed by atoms with van der Waals surface area (Å²) in [6, 6.07) is 14.9. The van der Waals surface area contributed by atoms with Crippen LogP contribution in [0.25, 0.3) is 10.8 Å². The number of carbonyl (C=O) groups excluding carboxylic acids is 1. The summed E-state index contributed by atoms with van der Waals surface area (Å²) in [7, 11) is 0. The van der Waals surface area contributed by atoms with Gasteiger partial charge in [0.15, 0.2) is 5.13 Å². The Morgan fingerprint density at radius 3 is 3.00 bits per heavy atom. The molecule has 0 aliphatic carbocycles. The van der Waals surface area contributed by atoms with Crippen LogP contribution in [0, 0.1) is 0 Å². The average molecular weight is 351 g/mol. The molecule has 5 heteroatoms. The van der Waals surface area contributed by atoms with E-state index in [-0.39, 0.29) is 11.9 Å². The average Bonchev–Trinajstić information content (AvgIpc) is 3.31. The first-order valence-corrected chi connectivity index (χ1v) is 9.58. The topological polar surface area (TPSA) is 45.2 Å². The number of benzene rings is 2. The van der Waals surface area contributed by atoms with Crippen molar-refractivity contribution in [2.45, 2.75) is 25.3 Å². The van der Waals surface area contributed by atoms with Crippen molar-refractivity contribution in [2.75, 3.05) is 18.0 Å². The second-order valence-corrected chi connectivity index (χ2v) is 7.33. The molecule has 1 aliphatic heterocycles. The van der Waals surface area contributed by atoms with Gasteiger partial charge in [0.25, 0.3) is 0 Å². The van der Waals surface area contributed by atoms with Gasteiger partial charge in [-0.3, -0.25) is 4.79 Å². The van der Waals surface area contributed by atoms with E-state index in [0.717, 1.165) is 31.1 Å². The second kappa shape index (κ2) is 7.23. The lowest BCUT2D eigenvalue weighted by atomic mass is 10.0. The van der Waals surface area contributed by atoms with E-state index in [1.54, 1.807) is 11.3 Å². The van der Waals surface area contributed by atoms with Gasteiger partial charge in [-0.2, -0.15) is 0 Å². The van der Waals surface area contributed by atoms with E-state index >= 15 is 0 Å². The van der Waals surface area contributed by atoms with Crippen molar-refractivity contribution in [1.82, 2.24) is 10.3 Å². The van der Waals surface area contributed by atoms with Gasteiger partial charge in [-0.25, -0.2) is 4.98 Å². The maximum Gasteiger partial charge on any atom is 0.220 e. The Hall–Kier alpha value is -2.40. The molecule has 128 valence electrons. The third kappa shape index (κ3) is 3.66. The minimum atomic E-state index is 0.138. The molecule has 2 aromatic carbocycles. The summed E-state index contributed by atoms with van der Waals surface area (Å²) in [5, 5.41) is 8.70. The number of rotatable bonds is 5. The Kier molecular flexibility index (Phi) is 4.65. The van der Waals surface area contributed by atoms with Gasteiger partial charge in [0.2, 0.25) is 5.91 Å². The minimum absolute atomic E-state index is 0.138. The zero-order chi connectivity index (χ0) is 17.1. The van der Waals surface area contributed by atoms with Crippen molar-refractivity contribution >= 4 is 33.1 Å². The lowest BCUT2D eigenvalue weighted by molar-refractivity contribution is -0.121. The first-order chi connectivity index (χ1) is 12.3. The van der Waals surface area contributed by atoms with Crippen LogP contribution >= 0.6 is 11.3 Å². The fourth-order valence-corrected chi connectivity index (χ4v) is 4.16. The molecule has 4 nitrogen and oxygen atoms in total. The Labute approximate surface area is 151 Å². The van der Waals surface area contributed by atoms with Crippen LogP contribution in [0.1, 0.15) is 18.4 Å². The zero-order valence-corrected chi connectivity index (χ0v) is 14.8. The highest BCUT2D eigenvalue weighted by atomic mass is 32.1. The largest absolute Gasteiger partial charge is 0.352 e. The number of carbonyl (C=O) groups is 1. The highest BCUT2D eigenvalue weighted by Gasteiger charge is 2.25. The minimum Gasteiger partial charge on any atom is -0.352 e. The molecule has 0 radical (unpaired) electrons.